The number of ether oxygens (including phenoxy) is 1. The fourth-order valence-electron chi connectivity index (χ4n) is 1.71. The van der Waals surface area contributed by atoms with Crippen molar-refractivity contribution in [3.63, 3.8) is 0 Å². The second-order valence-corrected chi connectivity index (χ2v) is 4.69. The maximum atomic E-state index is 7.41. The van der Waals surface area contributed by atoms with Gasteiger partial charge in [0.25, 0.3) is 0 Å². The zero-order chi connectivity index (χ0) is 13.1. The molecule has 2 rings (SSSR count). The second kappa shape index (κ2) is 5.23. The molecule has 0 aliphatic carbocycles. The van der Waals surface area contributed by atoms with Crippen molar-refractivity contribution in [1.29, 1.82) is 5.41 Å². The van der Waals surface area contributed by atoms with Crippen LogP contribution in [0.25, 0.3) is 11.1 Å². The lowest BCUT2D eigenvalue weighted by molar-refractivity contribution is 0.415. The lowest BCUT2D eigenvalue weighted by Crippen LogP contribution is -2.10. The van der Waals surface area contributed by atoms with Crippen LogP contribution in [-0.2, 0) is 0 Å². The molecule has 3 N–H and O–H groups in total. The third-order valence-corrected chi connectivity index (χ3v) is 3.32. The molecule has 0 radical (unpaired) electrons. The number of amidine groups is 1. The lowest BCUT2D eigenvalue weighted by atomic mass is 10.0. The first kappa shape index (κ1) is 12.6. The Hall–Kier alpha value is -1.81. The molecule has 4 heteroatoms. The quantitative estimate of drug-likeness (QED) is 0.674. The average Bonchev–Trinajstić information content (AvgIpc) is 2.38. The van der Waals surface area contributed by atoms with Crippen LogP contribution in [0.4, 0.5) is 0 Å². The highest BCUT2D eigenvalue weighted by molar-refractivity contribution is 9.10. The number of benzene rings is 2. The molecular formula is C14H13BrN2O. The lowest BCUT2D eigenvalue weighted by Gasteiger charge is -2.08. The van der Waals surface area contributed by atoms with Gasteiger partial charge in [-0.3, -0.25) is 5.41 Å². The smallest absolute Gasteiger partial charge is 0.122 e. The van der Waals surface area contributed by atoms with Crippen molar-refractivity contribution in [1.82, 2.24) is 0 Å². The Morgan fingerprint density at radius 3 is 2.61 bits per heavy atom. The Morgan fingerprint density at radius 2 is 2.00 bits per heavy atom. The number of rotatable bonds is 3. The topological polar surface area (TPSA) is 59.1 Å². The molecule has 2 aromatic rings. The number of hydrogen-bond acceptors (Lipinski definition) is 2. The summed E-state index contributed by atoms with van der Waals surface area (Å²) in [6.45, 7) is 0. The minimum Gasteiger partial charge on any atom is -0.497 e. The molecule has 0 saturated heterocycles. The Kier molecular flexibility index (Phi) is 3.67. The van der Waals surface area contributed by atoms with E-state index >= 15 is 0 Å². The highest BCUT2D eigenvalue weighted by Gasteiger charge is 2.06. The average molecular weight is 305 g/mol. The van der Waals surface area contributed by atoms with Gasteiger partial charge in [-0.1, -0.05) is 40.2 Å². The van der Waals surface area contributed by atoms with E-state index in [1.54, 1.807) is 7.11 Å². The first-order valence-corrected chi connectivity index (χ1v) is 6.19. The first-order chi connectivity index (χ1) is 8.61. The second-order valence-electron chi connectivity index (χ2n) is 3.84. The van der Waals surface area contributed by atoms with E-state index in [0.29, 0.717) is 5.56 Å². The van der Waals surface area contributed by atoms with E-state index in [1.807, 2.05) is 42.5 Å². The molecule has 3 nitrogen and oxygen atoms in total. The van der Waals surface area contributed by atoms with Crippen LogP contribution in [0.1, 0.15) is 5.56 Å². The molecule has 92 valence electrons. The summed E-state index contributed by atoms with van der Waals surface area (Å²) in [7, 11) is 1.65. The maximum absolute atomic E-state index is 7.41. The predicted molar refractivity (Wildman–Crippen MR) is 77.1 cm³/mol. The van der Waals surface area contributed by atoms with Crippen molar-refractivity contribution in [2.45, 2.75) is 0 Å². The van der Waals surface area contributed by atoms with Crippen LogP contribution >= 0.6 is 15.9 Å². The normalized spacial score (nSPS) is 10.1. The summed E-state index contributed by atoms with van der Waals surface area (Å²) in [5, 5.41) is 7.41. The zero-order valence-electron chi connectivity index (χ0n) is 9.91. The Bertz CT molecular complexity index is 596. The van der Waals surface area contributed by atoms with Crippen LogP contribution < -0.4 is 10.5 Å². The fourth-order valence-corrected chi connectivity index (χ4v) is 2.32. The Balaban J connectivity index is 2.47. The third-order valence-electron chi connectivity index (χ3n) is 2.66. The monoisotopic (exact) mass is 304 g/mol. The van der Waals surface area contributed by atoms with Crippen molar-refractivity contribution < 1.29 is 4.74 Å². The van der Waals surface area contributed by atoms with E-state index in [1.165, 1.54) is 0 Å². The molecule has 0 bridgehead atoms. The van der Waals surface area contributed by atoms with E-state index in [2.05, 4.69) is 15.9 Å². The van der Waals surface area contributed by atoms with Crippen molar-refractivity contribution in [3.05, 3.63) is 52.5 Å². The van der Waals surface area contributed by atoms with E-state index < -0.39 is 0 Å². The SMILES string of the molecule is COc1cccc(-c2ccc(C(=N)N)cc2Br)c1. The number of nitrogens with one attached hydrogen (secondary N) is 1. The summed E-state index contributed by atoms with van der Waals surface area (Å²) in [4.78, 5) is 0. The van der Waals surface area contributed by atoms with Gasteiger partial charge in [0.1, 0.15) is 11.6 Å². The van der Waals surface area contributed by atoms with Crippen LogP contribution in [0.15, 0.2) is 46.9 Å². The van der Waals surface area contributed by atoms with Crippen LogP contribution in [0.3, 0.4) is 0 Å². The zero-order valence-corrected chi connectivity index (χ0v) is 11.5. The molecule has 0 atom stereocenters. The molecule has 0 spiro atoms. The molecule has 0 aliphatic heterocycles. The van der Waals surface area contributed by atoms with Crippen molar-refractivity contribution in [2.75, 3.05) is 7.11 Å². The van der Waals surface area contributed by atoms with Crippen molar-refractivity contribution >= 4 is 21.8 Å². The summed E-state index contributed by atoms with van der Waals surface area (Å²) in [5.41, 5.74) is 8.25. The van der Waals surface area contributed by atoms with Gasteiger partial charge in [0.05, 0.1) is 7.11 Å². The van der Waals surface area contributed by atoms with E-state index in [-0.39, 0.29) is 5.84 Å². The molecule has 2 aromatic carbocycles. The summed E-state index contributed by atoms with van der Waals surface area (Å²) < 4.78 is 6.11. The largest absolute Gasteiger partial charge is 0.497 e. The minimum atomic E-state index is 0.0629. The van der Waals surface area contributed by atoms with Gasteiger partial charge in [-0.2, -0.15) is 0 Å². The number of halogens is 1. The maximum Gasteiger partial charge on any atom is 0.122 e. The first-order valence-electron chi connectivity index (χ1n) is 5.40. The molecule has 0 aliphatic rings. The summed E-state index contributed by atoms with van der Waals surface area (Å²) >= 11 is 3.51. The van der Waals surface area contributed by atoms with Crippen LogP contribution in [0.5, 0.6) is 5.75 Å². The van der Waals surface area contributed by atoms with Crippen molar-refractivity contribution in [2.24, 2.45) is 5.73 Å². The number of methoxy groups -OCH3 is 1. The molecule has 0 saturated carbocycles. The summed E-state index contributed by atoms with van der Waals surface area (Å²) in [5.74, 6) is 0.878. The predicted octanol–water partition coefficient (Wildman–Crippen LogP) is 3.41. The van der Waals surface area contributed by atoms with E-state index in [9.17, 15) is 0 Å². The number of nitrogen functional groups attached to an aromatic ring is 1. The molecule has 0 heterocycles. The molecule has 0 unspecified atom stereocenters. The number of hydrogen-bond donors (Lipinski definition) is 2. The third kappa shape index (κ3) is 2.54. The van der Waals surface area contributed by atoms with E-state index in [0.717, 1.165) is 21.3 Å². The van der Waals surface area contributed by atoms with Crippen LogP contribution in [0, 0.1) is 5.41 Å². The van der Waals surface area contributed by atoms with Gasteiger partial charge in [0.2, 0.25) is 0 Å². The Labute approximate surface area is 114 Å². The molecule has 0 fully saturated rings. The highest BCUT2D eigenvalue weighted by Crippen LogP contribution is 2.31. The van der Waals surface area contributed by atoms with Gasteiger partial charge in [0, 0.05) is 10.0 Å². The van der Waals surface area contributed by atoms with Crippen LogP contribution in [-0.4, -0.2) is 12.9 Å². The van der Waals surface area contributed by atoms with Crippen molar-refractivity contribution in [3.8, 4) is 16.9 Å². The molecule has 0 amide bonds. The van der Waals surface area contributed by atoms with Crippen LogP contribution in [0.2, 0.25) is 0 Å². The van der Waals surface area contributed by atoms with Gasteiger partial charge in [0.15, 0.2) is 0 Å². The molecule has 0 aromatic heterocycles. The Morgan fingerprint density at radius 1 is 1.22 bits per heavy atom. The summed E-state index contributed by atoms with van der Waals surface area (Å²) in [6.07, 6.45) is 0. The van der Waals surface area contributed by atoms with Gasteiger partial charge in [-0.05, 0) is 29.3 Å². The summed E-state index contributed by atoms with van der Waals surface area (Å²) in [6, 6.07) is 13.4. The van der Waals surface area contributed by atoms with Gasteiger partial charge in [-0.25, -0.2) is 0 Å². The molecule has 18 heavy (non-hydrogen) atoms. The standard InChI is InChI=1S/C14H13BrN2O/c1-18-11-4-2-3-9(7-11)12-6-5-10(14(16)17)8-13(12)15/h2-8H,1H3,(H3,16,17). The van der Waals surface area contributed by atoms with Gasteiger partial charge < -0.3 is 10.5 Å². The highest BCUT2D eigenvalue weighted by atomic mass is 79.9. The molecular weight excluding hydrogens is 292 g/mol. The van der Waals surface area contributed by atoms with Gasteiger partial charge >= 0.3 is 0 Å². The number of nitrogens with two attached hydrogens (primary N) is 1. The fraction of sp³-hybridized carbons (Fsp3) is 0.0714. The van der Waals surface area contributed by atoms with Gasteiger partial charge in [-0.15, -0.1) is 0 Å². The minimum absolute atomic E-state index is 0.0629. The van der Waals surface area contributed by atoms with E-state index in [4.69, 9.17) is 15.9 Å².